The fourth-order valence-corrected chi connectivity index (χ4v) is 2.75. The van der Waals surface area contributed by atoms with Crippen molar-refractivity contribution in [3.05, 3.63) is 57.9 Å². The lowest BCUT2D eigenvalue weighted by atomic mass is 10.1. The molecule has 144 valence electrons. The number of aromatic hydroxyl groups is 1. The minimum Gasteiger partial charge on any atom is -0.506 e. The second-order valence-electron chi connectivity index (χ2n) is 5.82. The Labute approximate surface area is 153 Å². The summed E-state index contributed by atoms with van der Waals surface area (Å²) in [6, 6.07) is 6.47. The highest BCUT2D eigenvalue weighted by atomic mass is 19.4. The van der Waals surface area contributed by atoms with Crippen LogP contribution in [0.4, 0.5) is 18.9 Å². The monoisotopic (exact) mass is 393 g/mol. The highest BCUT2D eigenvalue weighted by molar-refractivity contribution is 6.09. The molecule has 28 heavy (non-hydrogen) atoms. The molecule has 0 saturated carbocycles. The van der Waals surface area contributed by atoms with Crippen LogP contribution in [0.1, 0.15) is 15.9 Å². The Kier molecular flexibility index (Phi) is 3.91. The summed E-state index contributed by atoms with van der Waals surface area (Å²) in [7, 11) is 0. The van der Waals surface area contributed by atoms with Gasteiger partial charge in [0, 0.05) is 5.69 Å². The van der Waals surface area contributed by atoms with Crippen LogP contribution in [0, 0.1) is 0 Å². The molecule has 0 radical (unpaired) electrons. The molecule has 0 aliphatic carbocycles. The van der Waals surface area contributed by atoms with Gasteiger partial charge in [-0.05, 0) is 36.4 Å². The van der Waals surface area contributed by atoms with E-state index in [1.54, 1.807) is 0 Å². The molecule has 1 aromatic heterocycles. The average molecular weight is 393 g/mol. The summed E-state index contributed by atoms with van der Waals surface area (Å²) in [5.41, 5.74) is -2.80. The second kappa shape index (κ2) is 6.19. The molecular weight excluding hydrogens is 383 g/mol. The number of halogens is 3. The van der Waals surface area contributed by atoms with E-state index in [-0.39, 0.29) is 29.2 Å². The van der Waals surface area contributed by atoms with Crippen molar-refractivity contribution >= 4 is 22.6 Å². The molecule has 0 saturated heterocycles. The van der Waals surface area contributed by atoms with E-state index in [1.807, 2.05) is 0 Å². The maximum absolute atomic E-state index is 12.6. The molecule has 2 N–H and O–H groups in total. The third-order valence-corrected chi connectivity index (χ3v) is 4.08. The van der Waals surface area contributed by atoms with Gasteiger partial charge in [-0.3, -0.25) is 4.79 Å². The molecule has 10 heteroatoms. The molecule has 1 aliphatic rings. The van der Waals surface area contributed by atoms with Gasteiger partial charge in [0.1, 0.15) is 5.75 Å². The first-order valence-electron chi connectivity index (χ1n) is 7.82. The number of fused-ring (bicyclic) bond motifs is 3. The molecule has 0 fully saturated rings. The number of hydrogen-bond donors (Lipinski definition) is 2. The number of nitrogens with one attached hydrogen (secondary N) is 1. The molecule has 0 bridgehead atoms. The molecule has 3 aromatic rings. The van der Waals surface area contributed by atoms with Gasteiger partial charge >= 0.3 is 11.8 Å². The number of ether oxygens (including phenoxy) is 2. The molecule has 1 amide bonds. The predicted octanol–water partition coefficient (Wildman–Crippen LogP) is 3.50. The summed E-state index contributed by atoms with van der Waals surface area (Å²) in [4.78, 5) is 24.6. The van der Waals surface area contributed by atoms with Crippen LogP contribution in [0.5, 0.6) is 17.2 Å². The van der Waals surface area contributed by atoms with E-state index in [4.69, 9.17) is 13.9 Å². The largest absolute Gasteiger partial charge is 0.506 e. The molecule has 0 spiro atoms. The summed E-state index contributed by atoms with van der Waals surface area (Å²) in [6.45, 7) is -0.0882. The first-order chi connectivity index (χ1) is 13.3. The molecule has 7 nitrogen and oxygen atoms in total. The van der Waals surface area contributed by atoms with Crippen LogP contribution < -0.4 is 20.4 Å². The summed E-state index contributed by atoms with van der Waals surface area (Å²) in [5, 5.41) is 12.7. The van der Waals surface area contributed by atoms with Gasteiger partial charge in [-0.2, -0.15) is 13.2 Å². The fraction of sp³-hybridized carbons (Fsp3) is 0.111. The molecule has 0 atom stereocenters. The van der Waals surface area contributed by atoms with Crippen molar-refractivity contribution in [3.63, 3.8) is 0 Å². The van der Waals surface area contributed by atoms with Crippen molar-refractivity contribution in [1.29, 1.82) is 0 Å². The summed E-state index contributed by atoms with van der Waals surface area (Å²) in [5.74, 6) is -1.24. The van der Waals surface area contributed by atoms with Gasteiger partial charge in [0.05, 0.1) is 10.9 Å². The number of alkyl halides is 3. The number of anilines is 1. The molecule has 1 aliphatic heterocycles. The number of rotatable bonds is 2. The summed E-state index contributed by atoms with van der Waals surface area (Å²) in [6.07, 6.45) is -4.52. The van der Waals surface area contributed by atoms with Gasteiger partial charge in [-0.15, -0.1) is 0 Å². The Hall–Kier alpha value is -3.69. The van der Waals surface area contributed by atoms with Crippen molar-refractivity contribution in [2.24, 2.45) is 0 Å². The van der Waals surface area contributed by atoms with E-state index in [0.717, 1.165) is 24.3 Å². The highest BCUT2D eigenvalue weighted by Gasteiger charge is 2.30. The van der Waals surface area contributed by atoms with Gasteiger partial charge in [0.15, 0.2) is 16.9 Å². The average Bonchev–Trinajstić information content (AvgIpc) is 3.10. The third-order valence-electron chi connectivity index (χ3n) is 4.08. The van der Waals surface area contributed by atoms with Crippen LogP contribution in [0.15, 0.2) is 45.6 Å². The van der Waals surface area contributed by atoms with Crippen molar-refractivity contribution in [2.45, 2.75) is 6.18 Å². The molecule has 0 unspecified atom stereocenters. The van der Waals surface area contributed by atoms with Crippen molar-refractivity contribution in [3.8, 4) is 17.2 Å². The number of carbonyl (C=O) groups is 1. The predicted molar refractivity (Wildman–Crippen MR) is 89.7 cm³/mol. The molecular formula is C18H10F3NO6. The number of hydrogen-bond acceptors (Lipinski definition) is 6. The zero-order chi connectivity index (χ0) is 20.1. The van der Waals surface area contributed by atoms with Crippen LogP contribution in [0.25, 0.3) is 11.0 Å². The normalized spacial score (nSPS) is 13.0. The Morgan fingerprint density at radius 2 is 1.79 bits per heavy atom. The van der Waals surface area contributed by atoms with Crippen molar-refractivity contribution in [2.75, 3.05) is 12.1 Å². The van der Waals surface area contributed by atoms with E-state index in [1.165, 1.54) is 12.1 Å². The van der Waals surface area contributed by atoms with Crippen LogP contribution in [0.2, 0.25) is 0 Å². The zero-order valence-corrected chi connectivity index (χ0v) is 13.8. The molecule has 4 rings (SSSR count). The van der Waals surface area contributed by atoms with Gasteiger partial charge in [-0.25, -0.2) is 4.79 Å². The topological polar surface area (TPSA) is 98.0 Å². The Morgan fingerprint density at radius 1 is 1.07 bits per heavy atom. The third kappa shape index (κ3) is 2.88. The minimum absolute atomic E-state index is 0.00239. The lowest BCUT2D eigenvalue weighted by Crippen LogP contribution is -2.21. The Balaban J connectivity index is 1.70. The fourth-order valence-electron chi connectivity index (χ4n) is 2.75. The van der Waals surface area contributed by atoms with E-state index >= 15 is 0 Å². The van der Waals surface area contributed by atoms with E-state index in [2.05, 4.69) is 5.32 Å². The highest BCUT2D eigenvalue weighted by Crippen LogP contribution is 2.41. The van der Waals surface area contributed by atoms with Gasteiger partial charge in [0.2, 0.25) is 12.5 Å². The number of amides is 1. The maximum atomic E-state index is 12.6. The van der Waals surface area contributed by atoms with Crippen LogP contribution in [0.3, 0.4) is 0 Å². The van der Waals surface area contributed by atoms with E-state index < -0.39 is 34.6 Å². The van der Waals surface area contributed by atoms with Crippen molar-refractivity contribution < 1.29 is 37.0 Å². The first-order valence-corrected chi connectivity index (χ1v) is 7.82. The Bertz CT molecular complexity index is 1150. The standard InChI is InChI=1S/C18H10F3NO6/c19-18(20,21)8-1-3-9(4-2-8)22-16(24)12-13(23)10-5-6-11-15(27-7-26-11)14(10)28-17(12)25/h1-6,23H,7H2,(H,22,24). The van der Waals surface area contributed by atoms with E-state index in [9.17, 15) is 27.9 Å². The van der Waals surface area contributed by atoms with Crippen molar-refractivity contribution in [1.82, 2.24) is 0 Å². The van der Waals surface area contributed by atoms with Gasteiger partial charge in [0.25, 0.3) is 5.91 Å². The zero-order valence-electron chi connectivity index (χ0n) is 13.8. The van der Waals surface area contributed by atoms with E-state index in [0.29, 0.717) is 5.75 Å². The lowest BCUT2D eigenvalue weighted by Gasteiger charge is -2.10. The summed E-state index contributed by atoms with van der Waals surface area (Å²) < 4.78 is 53.3. The quantitative estimate of drug-likeness (QED) is 0.647. The molecule has 2 heterocycles. The summed E-state index contributed by atoms with van der Waals surface area (Å²) >= 11 is 0. The smallest absolute Gasteiger partial charge is 0.416 e. The van der Waals surface area contributed by atoms with Gasteiger partial charge < -0.3 is 24.3 Å². The minimum atomic E-state index is -4.52. The SMILES string of the molecule is O=C(Nc1ccc(C(F)(F)F)cc1)c1c(O)c2ccc3c(c2oc1=O)OCO3. The lowest BCUT2D eigenvalue weighted by molar-refractivity contribution is -0.137. The Morgan fingerprint density at radius 3 is 2.46 bits per heavy atom. The van der Waals surface area contributed by atoms with Crippen LogP contribution >= 0.6 is 0 Å². The van der Waals surface area contributed by atoms with Crippen LogP contribution in [-0.4, -0.2) is 17.8 Å². The first kappa shape index (κ1) is 17.7. The number of benzene rings is 2. The van der Waals surface area contributed by atoms with Crippen LogP contribution in [-0.2, 0) is 6.18 Å². The maximum Gasteiger partial charge on any atom is 0.416 e. The second-order valence-corrected chi connectivity index (χ2v) is 5.82. The van der Waals surface area contributed by atoms with Gasteiger partial charge in [-0.1, -0.05) is 0 Å². The molecule has 2 aromatic carbocycles. The number of carbonyl (C=O) groups excluding carboxylic acids is 1.